The van der Waals surface area contributed by atoms with Gasteiger partial charge in [-0.3, -0.25) is 19.3 Å². The number of halogens is 3. The molecule has 1 aliphatic heterocycles. The largest absolute Gasteiger partial charge is 0.376 e. The van der Waals surface area contributed by atoms with Gasteiger partial charge in [-0.05, 0) is 41.3 Å². The lowest BCUT2D eigenvalue weighted by Crippen LogP contribution is -2.49. The fourth-order valence-corrected chi connectivity index (χ4v) is 4.63. The molecule has 2 amide bonds. The zero-order chi connectivity index (χ0) is 27.2. The summed E-state index contributed by atoms with van der Waals surface area (Å²) >= 11 is 0. The Morgan fingerprint density at radius 2 is 1.66 bits per heavy atom. The molecule has 0 bridgehead atoms. The van der Waals surface area contributed by atoms with Gasteiger partial charge in [0.25, 0.3) is 5.91 Å². The Morgan fingerprint density at radius 1 is 1.00 bits per heavy atom. The van der Waals surface area contributed by atoms with Gasteiger partial charge in [-0.15, -0.1) is 37.2 Å². The van der Waals surface area contributed by atoms with E-state index in [0.29, 0.717) is 32.2 Å². The van der Waals surface area contributed by atoms with Gasteiger partial charge >= 0.3 is 0 Å². The summed E-state index contributed by atoms with van der Waals surface area (Å²) in [6.07, 6.45) is 3.81. The molecule has 0 radical (unpaired) electrons. The average molecular weight is 627 g/mol. The molecule has 1 aliphatic rings. The molecule has 0 fully saturated rings. The number of nitrogens with one attached hydrogen (secondary N) is 2. The highest BCUT2D eigenvalue weighted by Crippen LogP contribution is 2.25. The topological polar surface area (TPSA) is 85.7 Å². The zero-order valence-electron chi connectivity index (χ0n) is 24.3. The molecule has 226 valence electrons. The highest BCUT2D eigenvalue weighted by Gasteiger charge is 2.27. The summed E-state index contributed by atoms with van der Waals surface area (Å²) in [6.45, 7) is 8.75. The maximum absolute atomic E-state index is 13.3. The second-order valence-electron chi connectivity index (χ2n) is 10.2. The second kappa shape index (κ2) is 16.6. The number of hydrazine groups is 1. The summed E-state index contributed by atoms with van der Waals surface area (Å²) in [5, 5.41) is 14.5. The standard InChI is InChI=1S/C29H39N7O2.3ClH/c1-21(2)30-12-13-35(20-29(38)34(5)36-18-24-8-6-7-9-25(24)19-36)28(37)16-31-27-11-10-23(14-22(27)3)26-15-32-33(4)17-26;;;/h6-11,14-15,17,21,30-31H,12-13,16,18-20H2,1-5H3;3*1H. The number of aromatic nitrogens is 2. The highest BCUT2D eigenvalue weighted by molar-refractivity contribution is 5.87. The number of rotatable bonds is 11. The fraction of sp³-hybridized carbons (Fsp3) is 0.414. The molecule has 41 heavy (non-hydrogen) atoms. The molecule has 3 aromatic rings. The summed E-state index contributed by atoms with van der Waals surface area (Å²) in [5.41, 5.74) is 6.52. The first-order valence-electron chi connectivity index (χ1n) is 13.1. The molecule has 0 aliphatic carbocycles. The maximum atomic E-state index is 13.3. The van der Waals surface area contributed by atoms with E-state index in [0.717, 1.165) is 22.4 Å². The van der Waals surface area contributed by atoms with E-state index < -0.39 is 0 Å². The van der Waals surface area contributed by atoms with Crippen LogP contribution in [0.4, 0.5) is 5.69 Å². The van der Waals surface area contributed by atoms with Crippen LogP contribution in [0, 0.1) is 6.92 Å². The third-order valence-electron chi connectivity index (χ3n) is 6.92. The number of hydrogen-bond donors (Lipinski definition) is 2. The number of nitrogens with zero attached hydrogens (tertiary/aromatic N) is 5. The van der Waals surface area contributed by atoms with E-state index in [9.17, 15) is 9.59 Å². The second-order valence-corrected chi connectivity index (χ2v) is 10.2. The van der Waals surface area contributed by atoms with Gasteiger partial charge in [-0.25, -0.2) is 5.01 Å². The SMILES string of the molecule is Cc1cc(-c2cnn(C)c2)ccc1NCC(=O)N(CCNC(C)C)CC(=O)N(C)N1Cc2ccccc2C1.Cl.Cl.Cl. The number of anilines is 1. The van der Waals surface area contributed by atoms with Crippen LogP contribution in [0.2, 0.25) is 0 Å². The van der Waals surface area contributed by atoms with E-state index in [-0.39, 0.29) is 62.1 Å². The molecule has 0 unspecified atom stereocenters. The lowest BCUT2D eigenvalue weighted by atomic mass is 10.1. The number of hydrogen-bond acceptors (Lipinski definition) is 6. The first-order chi connectivity index (χ1) is 18.2. The van der Waals surface area contributed by atoms with E-state index >= 15 is 0 Å². The van der Waals surface area contributed by atoms with Crippen LogP contribution in [0.1, 0.15) is 30.5 Å². The fourth-order valence-electron chi connectivity index (χ4n) is 4.63. The van der Waals surface area contributed by atoms with Crippen molar-refractivity contribution >= 4 is 54.7 Å². The lowest BCUT2D eigenvalue weighted by Gasteiger charge is -2.31. The van der Waals surface area contributed by atoms with E-state index in [4.69, 9.17) is 0 Å². The molecule has 2 aromatic carbocycles. The van der Waals surface area contributed by atoms with Crippen LogP contribution < -0.4 is 10.6 Å². The quantitative estimate of drug-likeness (QED) is 0.331. The zero-order valence-corrected chi connectivity index (χ0v) is 26.7. The Kier molecular flexibility index (Phi) is 14.6. The van der Waals surface area contributed by atoms with Gasteiger partial charge in [-0.2, -0.15) is 5.10 Å². The van der Waals surface area contributed by atoms with Crippen LogP contribution in [0.3, 0.4) is 0 Å². The van der Waals surface area contributed by atoms with Crippen molar-refractivity contribution in [2.45, 2.75) is 39.9 Å². The van der Waals surface area contributed by atoms with Crippen LogP contribution in [0.5, 0.6) is 0 Å². The Labute approximate surface area is 261 Å². The van der Waals surface area contributed by atoms with Crippen LogP contribution in [0.15, 0.2) is 54.9 Å². The number of fused-ring (bicyclic) bond motifs is 1. The molecule has 9 nitrogen and oxygen atoms in total. The Morgan fingerprint density at radius 3 is 2.22 bits per heavy atom. The number of likely N-dealkylation sites (N-methyl/N-ethyl adjacent to an activating group) is 1. The van der Waals surface area contributed by atoms with Crippen LogP contribution in [-0.2, 0) is 29.7 Å². The molecule has 1 aromatic heterocycles. The minimum Gasteiger partial charge on any atom is -0.376 e. The van der Waals surface area contributed by atoms with Gasteiger partial charge in [0.05, 0.1) is 12.7 Å². The monoisotopic (exact) mass is 625 g/mol. The Hall–Kier alpha value is -2.82. The van der Waals surface area contributed by atoms with Crippen LogP contribution >= 0.6 is 37.2 Å². The summed E-state index contributed by atoms with van der Waals surface area (Å²) in [4.78, 5) is 28.2. The normalized spacial score (nSPS) is 12.0. The molecule has 12 heteroatoms. The van der Waals surface area contributed by atoms with Crippen molar-refractivity contribution in [1.29, 1.82) is 0 Å². The molecular formula is C29H42Cl3N7O2. The van der Waals surface area contributed by atoms with Crippen molar-refractivity contribution in [1.82, 2.24) is 30.0 Å². The van der Waals surface area contributed by atoms with Gasteiger partial charge in [0.1, 0.15) is 6.54 Å². The maximum Gasteiger partial charge on any atom is 0.256 e. The summed E-state index contributed by atoms with van der Waals surface area (Å²) in [6, 6.07) is 14.6. The molecular weight excluding hydrogens is 585 g/mol. The molecule has 2 heterocycles. The molecule has 0 atom stereocenters. The lowest BCUT2D eigenvalue weighted by molar-refractivity contribution is -0.151. The molecule has 0 saturated heterocycles. The molecule has 0 spiro atoms. The predicted octanol–water partition coefficient (Wildman–Crippen LogP) is 4.29. The predicted molar refractivity (Wildman–Crippen MR) is 172 cm³/mol. The smallest absolute Gasteiger partial charge is 0.256 e. The average Bonchev–Trinajstić information content (AvgIpc) is 3.52. The van der Waals surface area contributed by atoms with Crippen molar-refractivity contribution in [2.24, 2.45) is 7.05 Å². The van der Waals surface area contributed by atoms with Gasteiger partial charge in [0.15, 0.2) is 0 Å². The van der Waals surface area contributed by atoms with Crippen LogP contribution in [0.25, 0.3) is 11.1 Å². The first kappa shape index (κ1) is 36.2. The van der Waals surface area contributed by atoms with Crippen molar-refractivity contribution in [3.63, 3.8) is 0 Å². The van der Waals surface area contributed by atoms with Crippen LogP contribution in [-0.4, -0.2) is 75.8 Å². The Balaban J connectivity index is 0.00000280. The Bertz CT molecular complexity index is 1260. The number of benzene rings is 2. The van der Waals surface area contributed by atoms with Crippen molar-refractivity contribution in [3.05, 3.63) is 71.5 Å². The number of aryl methyl sites for hydroxylation is 2. The third-order valence-corrected chi connectivity index (χ3v) is 6.92. The molecule has 4 rings (SSSR count). The van der Waals surface area contributed by atoms with Crippen molar-refractivity contribution < 1.29 is 9.59 Å². The molecule has 2 N–H and O–H groups in total. The highest BCUT2D eigenvalue weighted by atomic mass is 35.5. The number of carbonyl (C=O) groups excluding carboxylic acids is 2. The van der Waals surface area contributed by atoms with Gasteiger partial charge in [0.2, 0.25) is 5.91 Å². The van der Waals surface area contributed by atoms with Crippen molar-refractivity contribution in [2.75, 3.05) is 38.5 Å². The summed E-state index contributed by atoms with van der Waals surface area (Å²) < 4.78 is 1.78. The van der Waals surface area contributed by atoms with Gasteiger partial charge in [0, 0.05) is 63.8 Å². The van der Waals surface area contributed by atoms with Crippen molar-refractivity contribution in [3.8, 4) is 11.1 Å². The summed E-state index contributed by atoms with van der Waals surface area (Å²) in [5.74, 6) is -0.217. The van der Waals surface area contributed by atoms with Gasteiger partial charge < -0.3 is 15.5 Å². The van der Waals surface area contributed by atoms with E-state index in [1.54, 1.807) is 21.6 Å². The van der Waals surface area contributed by atoms with E-state index in [2.05, 4.69) is 47.8 Å². The first-order valence-corrected chi connectivity index (χ1v) is 13.1. The van der Waals surface area contributed by atoms with E-state index in [1.165, 1.54) is 11.1 Å². The third kappa shape index (κ3) is 9.61. The minimum atomic E-state index is -0.113. The van der Waals surface area contributed by atoms with E-state index in [1.807, 2.05) is 55.6 Å². The number of carbonyl (C=O) groups is 2. The molecule has 0 saturated carbocycles. The van der Waals surface area contributed by atoms with Gasteiger partial charge in [-0.1, -0.05) is 44.2 Å². The number of amides is 2. The minimum absolute atomic E-state index is 0. The summed E-state index contributed by atoms with van der Waals surface area (Å²) in [7, 11) is 3.68.